The van der Waals surface area contributed by atoms with Crippen molar-refractivity contribution in [1.29, 1.82) is 0 Å². The first-order valence-electron chi connectivity index (χ1n) is 7.02. The van der Waals surface area contributed by atoms with Crippen molar-refractivity contribution in [2.24, 2.45) is 0 Å². The molecule has 0 aliphatic heterocycles. The SMILES string of the molecule is O=S(=O)(O)CC(F)C(F)C(F)C(F)C(F)C(F)C(F)C(F)C(F)CCF.[H-].[Li+]. The molecular weight excluding hydrogens is 421 g/mol. The largest absolute Gasteiger partial charge is 1.00 e. The van der Waals surface area contributed by atoms with Gasteiger partial charge in [-0.2, -0.15) is 8.42 Å². The molecule has 0 aliphatic rings. The van der Waals surface area contributed by atoms with Crippen LogP contribution in [-0.2, 0) is 10.1 Å². The van der Waals surface area contributed by atoms with Gasteiger partial charge in [-0.1, -0.05) is 0 Å². The second-order valence-corrected chi connectivity index (χ2v) is 6.87. The van der Waals surface area contributed by atoms with Gasteiger partial charge in [-0.15, -0.1) is 0 Å². The second-order valence-electron chi connectivity index (χ2n) is 5.37. The van der Waals surface area contributed by atoms with Gasteiger partial charge >= 0.3 is 18.9 Å². The Morgan fingerprint density at radius 3 is 1.26 bits per heavy atom. The van der Waals surface area contributed by atoms with E-state index in [4.69, 9.17) is 4.55 Å². The molecule has 0 rings (SSSR count). The normalized spacial score (nSPS) is 22.5. The van der Waals surface area contributed by atoms with Crippen LogP contribution in [0.15, 0.2) is 0 Å². The minimum Gasteiger partial charge on any atom is -1.00 e. The molecule has 3 nitrogen and oxygen atoms in total. The molecule has 0 aromatic rings. The minimum absolute atomic E-state index is 0. The third kappa shape index (κ3) is 9.23. The average molecular weight is 438 g/mol. The Kier molecular flexibility index (Phi) is 13.3. The van der Waals surface area contributed by atoms with E-state index in [0.29, 0.717) is 0 Å². The second kappa shape index (κ2) is 12.4. The van der Waals surface area contributed by atoms with Crippen molar-refractivity contribution in [2.75, 3.05) is 12.4 Å². The van der Waals surface area contributed by atoms with Crippen LogP contribution in [0.25, 0.3) is 0 Å². The van der Waals surface area contributed by atoms with Crippen molar-refractivity contribution in [2.45, 2.75) is 62.0 Å². The van der Waals surface area contributed by atoms with Crippen molar-refractivity contribution < 1.29 is 77.2 Å². The van der Waals surface area contributed by atoms with Crippen LogP contribution in [0.5, 0.6) is 0 Å². The van der Waals surface area contributed by atoms with Crippen LogP contribution in [0.2, 0.25) is 0 Å². The number of halogens is 10. The molecular formula is C12H17F10LiO3S. The molecule has 0 saturated heterocycles. The number of alkyl halides is 10. The standard InChI is InChI=1S/C12H16F10O3S.Li.H/c13-2-1-4(14)6(16)8(18)10(20)12(22)11(21)9(19)7(17)5(15)3-26(23,24)25;;/h4-12H,1-3H2,(H,23,24,25);;/q;+1;-1. The monoisotopic (exact) mass is 438 g/mol. The van der Waals surface area contributed by atoms with E-state index in [-0.39, 0.29) is 20.3 Å². The number of hydrogen-bond acceptors (Lipinski definition) is 2. The van der Waals surface area contributed by atoms with Gasteiger partial charge in [0.2, 0.25) is 0 Å². The van der Waals surface area contributed by atoms with Gasteiger partial charge in [-0.05, 0) is 0 Å². The van der Waals surface area contributed by atoms with Gasteiger partial charge in [0.25, 0.3) is 10.1 Å². The molecule has 0 aliphatic carbocycles. The number of rotatable bonds is 12. The molecule has 0 radical (unpaired) electrons. The summed E-state index contributed by atoms with van der Waals surface area (Å²) in [6, 6.07) is 0. The molecule has 0 aromatic heterocycles. The van der Waals surface area contributed by atoms with E-state index in [0.717, 1.165) is 0 Å². The van der Waals surface area contributed by atoms with E-state index >= 15 is 0 Å². The third-order valence-corrected chi connectivity index (χ3v) is 4.01. The predicted octanol–water partition coefficient (Wildman–Crippen LogP) is 0.393. The zero-order valence-corrected chi connectivity index (χ0v) is 14.6. The summed E-state index contributed by atoms with van der Waals surface area (Å²) >= 11 is 0. The van der Waals surface area contributed by atoms with E-state index in [1.807, 2.05) is 0 Å². The van der Waals surface area contributed by atoms with Gasteiger partial charge in [0.1, 0.15) is 11.9 Å². The maximum Gasteiger partial charge on any atom is 1.00 e. The molecule has 0 bridgehead atoms. The molecule has 9 atom stereocenters. The van der Waals surface area contributed by atoms with Crippen molar-refractivity contribution >= 4 is 10.1 Å². The zero-order chi connectivity index (χ0) is 20.8. The fourth-order valence-corrected chi connectivity index (χ4v) is 2.42. The van der Waals surface area contributed by atoms with Gasteiger partial charge in [-0.25, -0.2) is 39.5 Å². The molecule has 27 heavy (non-hydrogen) atoms. The van der Waals surface area contributed by atoms with Crippen LogP contribution in [-0.4, -0.2) is 80.9 Å². The average Bonchev–Trinajstić information content (AvgIpc) is 2.55. The van der Waals surface area contributed by atoms with Crippen molar-refractivity contribution in [3.05, 3.63) is 0 Å². The molecule has 0 spiro atoms. The molecule has 0 saturated carbocycles. The summed E-state index contributed by atoms with van der Waals surface area (Å²) in [6.07, 6.45) is -33.9. The molecule has 0 amide bonds. The fraction of sp³-hybridized carbons (Fsp3) is 1.00. The summed E-state index contributed by atoms with van der Waals surface area (Å²) in [4.78, 5) is 0. The van der Waals surface area contributed by atoms with Crippen molar-refractivity contribution in [3.8, 4) is 0 Å². The summed E-state index contributed by atoms with van der Waals surface area (Å²) < 4.78 is 160. The van der Waals surface area contributed by atoms with Gasteiger partial charge in [0.05, 0.1) is 6.67 Å². The third-order valence-electron chi connectivity index (χ3n) is 3.27. The smallest absolute Gasteiger partial charge is 1.00 e. The van der Waals surface area contributed by atoms with E-state index in [1.165, 1.54) is 0 Å². The topological polar surface area (TPSA) is 54.4 Å². The summed E-state index contributed by atoms with van der Waals surface area (Å²) in [5.41, 5.74) is 0. The fourth-order valence-electron chi connectivity index (χ4n) is 1.83. The quantitative estimate of drug-likeness (QED) is 0.273. The van der Waals surface area contributed by atoms with Crippen LogP contribution < -0.4 is 18.9 Å². The molecule has 160 valence electrons. The van der Waals surface area contributed by atoms with Crippen LogP contribution >= 0.6 is 0 Å². The molecule has 0 fully saturated rings. The Balaban J connectivity index is -0.00000312. The molecule has 9 unspecified atom stereocenters. The van der Waals surface area contributed by atoms with E-state index in [9.17, 15) is 52.3 Å². The van der Waals surface area contributed by atoms with Crippen LogP contribution in [0, 0.1) is 0 Å². The molecule has 1 N–H and O–H groups in total. The summed E-state index contributed by atoms with van der Waals surface area (Å²) in [5, 5.41) is 0. The van der Waals surface area contributed by atoms with E-state index in [1.54, 1.807) is 0 Å². The minimum atomic E-state index is -5.16. The predicted molar refractivity (Wildman–Crippen MR) is 72.2 cm³/mol. The maximum atomic E-state index is 13.4. The van der Waals surface area contributed by atoms with Crippen molar-refractivity contribution in [3.63, 3.8) is 0 Å². The Labute approximate surface area is 162 Å². The molecule has 0 aromatic carbocycles. The Hall–Kier alpha value is -0.193. The Bertz CT molecular complexity index is 522. The Morgan fingerprint density at radius 2 is 0.963 bits per heavy atom. The summed E-state index contributed by atoms with van der Waals surface area (Å²) in [5.74, 6) is -2.03. The summed E-state index contributed by atoms with van der Waals surface area (Å²) in [6.45, 7) is -1.47. The molecule has 0 heterocycles. The van der Waals surface area contributed by atoms with Crippen LogP contribution in [0.4, 0.5) is 43.9 Å². The first-order valence-corrected chi connectivity index (χ1v) is 8.63. The van der Waals surface area contributed by atoms with E-state index in [2.05, 4.69) is 0 Å². The van der Waals surface area contributed by atoms with Crippen molar-refractivity contribution in [1.82, 2.24) is 0 Å². The van der Waals surface area contributed by atoms with Gasteiger partial charge in [0.15, 0.2) is 49.4 Å². The maximum absolute atomic E-state index is 13.4. The van der Waals surface area contributed by atoms with Gasteiger partial charge < -0.3 is 1.43 Å². The van der Waals surface area contributed by atoms with Gasteiger partial charge in [-0.3, -0.25) is 8.94 Å². The first-order chi connectivity index (χ1) is 11.7. The van der Waals surface area contributed by atoms with Crippen LogP contribution in [0.3, 0.4) is 0 Å². The Morgan fingerprint density at radius 1 is 0.667 bits per heavy atom. The number of hydrogen-bond donors (Lipinski definition) is 1. The zero-order valence-electron chi connectivity index (χ0n) is 14.8. The van der Waals surface area contributed by atoms with E-state index < -0.39 is 84.5 Å². The molecule has 15 heteroatoms. The van der Waals surface area contributed by atoms with Crippen LogP contribution in [0.1, 0.15) is 7.85 Å². The first kappa shape index (κ1) is 29.0. The summed E-state index contributed by atoms with van der Waals surface area (Å²) in [7, 11) is -5.16. The van der Waals surface area contributed by atoms with Gasteiger partial charge in [0, 0.05) is 6.42 Å².